The molecule has 0 aliphatic carbocycles. The molecule has 1 rings (SSSR count). The molecule has 4 nitrogen and oxygen atoms in total. The van der Waals surface area contributed by atoms with Crippen LogP contribution in [-0.4, -0.2) is 22.9 Å². The van der Waals surface area contributed by atoms with Gasteiger partial charge >= 0.3 is 6.09 Å². The van der Waals surface area contributed by atoms with Crippen LogP contribution in [0, 0.1) is 0 Å². The summed E-state index contributed by atoms with van der Waals surface area (Å²) in [5, 5.41) is 12.1. The van der Waals surface area contributed by atoms with Gasteiger partial charge in [-0.2, -0.15) is 0 Å². The molecule has 0 saturated heterocycles. The number of carbonyl (C=O) groups is 1. The van der Waals surface area contributed by atoms with Gasteiger partial charge in [0.25, 0.3) is 0 Å². The molecule has 0 heterocycles. The lowest BCUT2D eigenvalue weighted by Gasteiger charge is -2.20. The molecule has 1 amide bonds. The first-order chi connectivity index (χ1) is 8.67. The second-order valence-corrected chi connectivity index (χ2v) is 6.35. The van der Waals surface area contributed by atoms with Gasteiger partial charge in [0.2, 0.25) is 0 Å². The fourth-order valence-electron chi connectivity index (χ4n) is 1.55. The quantitative estimate of drug-likeness (QED) is 0.888. The number of anilines is 1. The fraction of sp³-hybridized carbons (Fsp3) is 0.500. The topological polar surface area (TPSA) is 58.6 Å². The van der Waals surface area contributed by atoms with Gasteiger partial charge in [0.05, 0.1) is 11.8 Å². The molecule has 5 heteroatoms. The molecule has 0 aliphatic rings. The smallest absolute Gasteiger partial charge is 0.412 e. The molecule has 0 spiro atoms. The Labute approximate surface area is 122 Å². The summed E-state index contributed by atoms with van der Waals surface area (Å²) < 4.78 is 5.97. The molecule has 19 heavy (non-hydrogen) atoms. The number of rotatable bonds is 3. The number of nitrogens with one attached hydrogen (secondary N) is 1. The minimum absolute atomic E-state index is 0.421. The van der Waals surface area contributed by atoms with E-state index in [4.69, 9.17) is 4.74 Å². The zero-order valence-electron chi connectivity index (χ0n) is 11.7. The summed E-state index contributed by atoms with van der Waals surface area (Å²) in [7, 11) is 0. The fourth-order valence-corrected chi connectivity index (χ4v) is 1.90. The van der Waals surface area contributed by atoms with E-state index < -0.39 is 17.8 Å². The predicted molar refractivity (Wildman–Crippen MR) is 79.4 cm³/mol. The number of hydrogen-bond acceptors (Lipinski definition) is 3. The Bertz CT molecular complexity index is 452. The number of aliphatic hydroxyl groups excluding tert-OH is 1. The molecule has 0 aliphatic heterocycles. The molecular weight excluding hydrogens is 310 g/mol. The lowest BCUT2D eigenvalue weighted by atomic mass is 10.1. The van der Waals surface area contributed by atoms with Crippen molar-refractivity contribution in [2.75, 3.05) is 5.32 Å². The molecular formula is C14H20BrNO3. The van der Waals surface area contributed by atoms with Gasteiger partial charge in [0.15, 0.2) is 0 Å². The van der Waals surface area contributed by atoms with Crippen LogP contribution in [0.1, 0.15) is 33.3 Å². The van der Waals surface area contributed by atoms with E-state index >= 15 is 0 Å². The summed E-state index contributed by atoms with van der Waals surface area (Å²) in [6, 6.07) is 5.56. The maximum absolute atomic E-state index is 11.7. The van der Waals surface area contributed by atoms with Crippen molar-refractivity contribution < 1.29 is 14.6 Å². The van der Waals surface area contributed by atoms with E-state index in [-0.39, 0.29) is 0 Å². The third-order valence-corrected chi connectivity index (χ3v) is 2.89. The normalized spacial score (nSPS) is 12.9. The number of amides is 1. The molecule has 0 saturated carbocycles. The Morgan fingerprint density at radius 1 is 1.47 bits per heavy atom. The van der Waals surface area contributed by atoms with Gasteiger partial charge in [0.1, 0.15) is 5.60 Å². The average molecular weight is 330 g/mol. The van der Waals surface area contributed by atoms with Gasteiger partial charge in [-0.3, -0.25) is 5.32 Å². The van der Waals surface area contributed by atoms with Gasteiger partial charge in [-0.05, 0) is 67.7 Å². The number of ether oxygens (including phenoxy) is 1. The molecule has 0 aromatic heterocycles. The van der Waals surface area contributed by atoms with Gasteiger partial charge < -0.3 is 9.84 Å². The van der Waals surface area contributed by atoms with E-state index in [0.29, 0.717) is 12.1 Å². The second kappa shape index (κ2) is 6.39. The summed E-state index contributed by atoms with van der Waals surface area (Å²) in [6.45, 7) is 7.16. The molecule has 0 unspecified atom stereocenters. The molecule has 0 fully saturated rings. The van der Waals surface area contributed by atoms with Crippen molar-refractivity contribution in [3.05, 3.63) is 28.2 Å². The molecule has 106 valence electrons. The average Bonchev–Trinajstić information content (AvgIpc) is 2.19. The van der Waals surface area contributed by atoms with Gasteiger partial charge in [-0.25, -0.2) is 4.79 Å². The summed E-state index contributed by atoms with van der Waals surface area (Å²) in [6.07, 6.45) is -0.381. The zero-order valence-corrected chi connectivity index (χ0v) is 13.2. The number of hydrogen-bond donors (Lipinski definition) is 2. The highest BCUT2D eigenvalue weighted by atomic mass is 79.9. The number of halogens is 1. The third-order valence-electron chi connectivity index (χ3n) is 2.20. The van der Waals surface area contributed by atoms with Crippen molar-refractivity contribution in [2.24, 2.45) is 0 Å². The summed E-state index contributed by atoms with van der Waals surface area (Å²) in [5.41, 5.74) is 1.05. The molecule has 0 bridgehead atoms. The lowest BCUT2D eigenvalue weighted by Crippen LogP contribution is -2.27. The molecule has 1 aromatic rings. The Morgan fingerprint density at radius 3 is 2.63 bits per heavy atom. The van der Waals surface area contributed by atoms with Crippen LogP contribution < -0.4 is 5.32 Å². The molecule has 1 aromatic carbocycles. The number of aliphatic hydroxyl groups is 1. The highest BCUT2D eigenvalue weighted by Crippen LogP contribution is 2.25. The minimum Gasteiger partial charge on any atom is -0.444 e. The van der Waals surface area contributed by atoms with Crippen LogP contribution in [0.25, 0.3) is 0 Å². The standard InChI is InChI=1S/C14H20BrNO3/c1-9(17)7-10-5-6-11(15)12(8-10)16-13(18)19-14(2,3)4/h5-6,8-9,17H,7H2,1-4H3,(H,16,18)/t9-/m1/s1. The Balaban J connectivity index is 2.79. The van der Waals surface area contributed by atoms with Crippen LogP contribution in [-0.2, 0) is 11.2 Å². The van der Waals surface area contributed by atoms with Crippen LogP contribution in [0.2, 0.25) is 0 Å². The monoisotopic (exact) mass is 329 g/mol. The second-order valence-electron chi connectivity index (χ2n) is 5.49. The van der Waals surface area contributed by atoms with Gasteiger partial charge in [-0.1, -0.05) is 6.07 Å². The van der Waals surface area contributed by atoms with Crippen LogP contribution in [0.5, 0.6) is 0 Å². The largest absolute Gasteiger partial charge is 0.444 e. The summed E-state index contributed by atoms with van der Waals surface area (Å²) in [5.74, 6) is 0. The van der Waals surface area contributed by atoms with Crippen LogP contribution in [0.15, 0.2) is 22.7 Å². The van der Waals surface area contributed by atoms with E-state index in [0.717, 1.165) is 10.0 Å². The Morgan fingerprint density at radius 2 is 2.11 bits per heavy atom. The lowest BCUT2D eigenvalue weighted by molar-refractivity contribution is 0.0636. The van der Waals surface area contributed by atoms with E-state index in [1.165, 1.54) is 0 Å². The zero-order chi connectivity index (χ0) is 14.6. The van der Waals surface area contributed by atoms with Gasteiger partial charge in [-0.15, -0.1) is 0 Å². The Hall–Kier alpha value is -1.07. The molecule has 1 atom stereocenters. The van der Waals surface area contributed by atoms with E-state index in [1.54, 1.807) is 6.92 Å². The summed E-state index contributed by atoms with van der Waals surface area (Å²) in [4.78, 5) is 11.7. The maximum Gasteiger partial charge on any atom is 0.412 e. The minimum atomic E-state index is -0.534. The highest BCUT2D eigenvalue weighted by Gasteiger charge is 2.17. The highest BCUT2D eigenvalue weighted by molar-refractivity contribution is 9.10. The van der Waals surface area contributed by atoms with Gasteiger partial charge in [0, 0.05) is 4.47 Å². The Kier molecular flexibility index (Phi) is 5.38. The SMILES string of the molecule is C[C@@H](O)Cc1ccc(Br)c(NC(=O)OC(C)(C)C)c1. The number of carbonyl (C=O) groups excluding carboxylic acids is 1. The first-order valence-corrected chi connectivity index (χ1v) is 6.93. The maximum atomic E-state index is 11.7. The van der Waals surface area contributed by atoms with Crippen molar-refractivity contribution in [1.82, 2.24) is 0 Å². The van der Waals surface area contributed by atoms with Crippen LogP contribution in [0.4, 0.5) is 10.5 Å². The molecule has 0 radical (unpaired) electrons. The first kappa shape index (κ1) is 16.0. The predicted octanol–water partition coefficient (Wildman–Crippen LogP) is 3.72. The van der Waals surface area contributed by atoms with Crippen molar-refractivity contribution in [3.63, 3.8) is 0 Å². The van der Waals surface area contributed by atoms with E-state index in [9.17, 15) is 9.90 Å². The molecule has 2 N–H and O–H groups in total. The van der Waals surface area contributed by atoms with Crippen LogP contribution in [0.3, 0.4) is 0 Å². The van der Waals surface area contributed by atoms with Crippen molar-refractivity contribution in [2.45, 2.75) is 45.8 Å². The summed E-state index contributed by atoms with van der Waals surface area (Å²) >= 11 is 3.37. The first-order valence-electron chi connectivity index (χ1n) is 6.14. The van der Waals surface area contributed by atoms with Crippen molar-refractivity contribution >= 4 is 27.7 Å². The van der Waals surface area contributed by atoms with Crippen molar-refractivity contribution in [3.8, 4) is 0 Å². The van der Waals surface area contributed by atoms with Crippen molar-refractivity contribution in [1.29, 1.82) is 0 Å². The number of benzene rings is 1. The third kappa shape index (κ3) is 6.07. The van der Waals surface area contributed by atoms with Crippen LogP contribution >= 0.6 is 15.9 Å². The van der Waals surface area contributed by atoms with E-state index in [2.05, 4.69) is 21.2 Å². The van der Waals surface area contributed by atoms with E-state index in [1.807, 2.05) is 39.0 Å².